The molecular formula is C18H21N3O6. The Morgan fingerprint density at radius 3 is 2.48 bits per heavy atom. The topological polar surface area (TPSA) is 101 Å². The Morgan fingerprint density at radius 1 is 1.19 bits per heavy atom. The van der Waals surface area contributed by atoms with Gasteiger partial charge in [-0.25, -0.2) is 4.79 Å². The molecule has 0 N–H and O–H groups in total. The van der Waals surface area contributed by atoms with Gasteiger partial charge in [-0.3, -0.25) is 0 Å². The highest BCUT2D eigenvalue weighted by Crippen LogP contribution is 2.25. The van der Waals surface area contributed by atoms with Gasteiger partial charge in [0.25, 0.3) is 0 Å². The van der Waals surface area contributed by atoms with Crippen molar-refractivity contribution < 1.29 is 28.6 Å². The van der Waals surface area contributed by atoms with Crippen molar-refractivity contribution in [2.45, 2.75) is 20.0 Å². The van der Waals surface area contributed by atoms with Crippen molar-refractivity contribution >= 4 is 12.2 Å². The fourth-order valence-corrected chi connectivity index (χ4v) is 1.90. The van der Waals surface area contributed by atoms with Gasteiger partial charge in [-0.1, -0.05) is 17.3 Å². The Hall–Kier alpha value is -3.36. The second-order valence-electron chi connectivity index (χ2n) is 5.11. The van der Waals surface area contributed by atoms with Crippen molar-refractivity contribution in [1.29, 1.82) is 0 Å². The number of ether oxygens (including phenoxy) is 4. The van der Waals surface area contributed by atoms with Gasteiger partial charge in [0.2, 0.25) is 17.9 Å². The maximum Gasteiger partial charge on any atom is 0.349 e. The highest BCUT2D eigenvalue weighted by molar-refractivity contribution is 5.83. The smallest absolute Gasteiger partial charge is 0.349 e. The van der Waals surface area contributed by atoms with Crippen molar-refractivity contribution in [3.05, 3.63) is 35.9 Å². The summed E-state index contributed by atoms with van der Waals surface area (Å²) < 4.78 is 20.8. The molecule has 0 aliphatic carbocycles. The molecule has 1 unspecified atom stereocenters. The first-order valence-corrected chi connectivity index (χ1v) is 8.17. The number of benzene rings is 1. The van der Waals surface area contributed by atoms with E-state index in [1.54, 1.807) is 38.1 Å². The van der Waals surface area contributed by atoms with Crippen LogP contribution in [0.2, 0.25) is 0 Å². The van der Waals surface area contributed by atoms with Gasteiger partial charge < -0.3 is 23.8 Å². The van der Waals surface area contributed by atoms with Crippen LogP contribution in [0.3, 0.4) is 0 Å². The maximum absolute atomic E-state index is 11.5. The van der Waals surface area contributed by atoms with E-state index in [-0.39, 0.29) is 12.6 Å². The molecule has 2 aromatic rings. The zero-order valence-electron chi connectivity index (χ0n) is 15.5. The molecular weight excluding hydrogens is 354 g/mol. The molecule has 27 heavy (non-hydrogen) atoms. The number of carbonyl (C=O) groups excluding carboxylic acids is 1. The van der Waals surface area contributed by atoms with E-state index in [1.165, 1.54) is 26.5 Å². The van der Waals surface area contributed by atoms with Crippen molar-refractivity contribution in [3.8, 4) is 23.5 Å². The highest BCUT2D eigenvalue weighted by Gasteiger charge is 2.15. The summed E-state index contributed by atoms with van der Waals surface area (Å²) in [6, 6.07) is 8.64. The van der Waals surface area contributed by atoms with Crippen LogP contribution in [0.5, 0.6) is 23.5 Å². The number of aromatic nitrogens is 2. The summed E-state index contributed by atoms with van der Waals surface area (Å²) in [6.45, 7) is 3.54. The average molecular weight is 375 g/mol. The predicted octanol–water partition coefficient (Wildman–Crippen LogP) is 2.59. The van der Waals surface area contributed by atoms with E-state index in [2.05, 4.69) is 15.1 Å². The lowest BCUT2D eigenvalue weighted by Gasteiger charge is -2.10. The third kappa shape index (κ3) is 5.84. The van der Waals surface area contributed by atoms with Gasteiger partial charge in [0.15, 0.2) is 0 Å². The Morgan fingerprint density at radius 2 is 1.85 bits per heavy atom. The van der Waals surface area contributed by atoms with Gasteiger partial charge in [0.05, 0.1) is 33.1 Å². The number of esters is 1. The van der Waals surface area contributed by atoms with E-state index in [0.29, 0.717) is 23.1 Å². The molecule has 1 atom stereocenters. The predicted molar refractivity (Wildman–Crippen MR) is 96.4 cm³/mol. The number of oxime groups is 1. The number of hydrogen-bond acceptors (Lipinski definition) is 9. The summed E-state index contributed by atoms with van der Waals surface area (Å²) in [5, 5.41) is 3.82. The number of para-hydroxylation sites is 1. The van der Waals surface area contributed by atoms with E-state index >= 15 is 0 Å². The second-order valence-corrected chi connectivity index (χ2v) is 5.11. The van der Waals surface area contributed by atoms with Crippen molar-refractivity contribution in [2.75, 3.05) is 20.8 Å². The average Bonchev–Trinajstić information content (AvgIpc) is 2.69. The Labute approximate surface area is 156 Å². The molecule has 0 aliphatic rings. The quantitative estimate of drug-likeness (QED) is 0.374. The lowest BCUT2D eigenvalue weighted by Crippen LogP contribution is -2.21. The molecule has 1 heterocycles. The SMILES string of the molecule is CCOC(=O)C(C)ON=Cc1ccccc1Oc1nc(OC)cc(OC)n1. The molecule has 1 aromatic heterocycles. The van der Waals surface area contributed by atoms with E-state index in [4.69, 9.17) is 23.8 Å². The molecule has 144 valence electrons. The minimum Gasteiger partial charge on any atom is -0.481 e. The van der Waals surface area contributed by atoms with E-state index < -0.39 is 12.1 Å². The normalized spacial score (nSPS) is 11.7. The summed E-state index contributed by atoms with van der Waals surface area (Å²) in [6.07, 6.45) is 0.600. The zero-order valence-corrected chi connectivity index (χ0v) is 15.5. The summed E-state index contributed by atoms with van der Waals surface area (Å²) in [5.74, 6) is 0.546. The summed E-state index contributed by atoms with van der Waals surface area (Å²) in [4.78, 5) is 24.9. The van der Waals surface area contributed by atoms with Crippen LogP contribution in [-0.2, 0) is 14.4 Å². The number of carbonyl (C=O) groups is 1. The molecule has 0 spiro atoms. The van der Waals surface area contributed by atoms with Gasteiger partial charge >= 0.3 is 12.0 Å². The van der Waals surface area contributed by atoms with Crippen LogP contribution in [0.4, 0.5) is 0 Å². The largest absolute Gasteiger partial charge is 0.481 e. The van der Waals surface area contributed by atoms with E-state index in [1.807, 2.05) is 0 Å². The van der Waals surface area contributed by atoms with Crippen LogP contribution in [0, 0.1) is 0 Å². The van der Waals surface area contributed by atoms with Gasteiger partial charge in [-0.2, -0.15) is 9.97 Å². The number of methoxy groups -OCH3 is 2. The lowest BCUT2D eigenvalue weighted by molar-refractivity contribution is -0.155. The van der Waals surface area contributed by atoms with Crippen LogP contribution < -0.4 is 14.2 Å². The first kappa shape index (κ1) is 20.0. The first-order valence-electron chi connectivity index (χ1n) is 8.17. The molecule has 1 aromatic carbocycles. The second kappa shape index (κ2) is 9.95. The highest BCUT2D eigenvalue weighted by atomic mass is 16.7. The van der Waals surface area contributed by atoms with E-state index in [9.17, 15) is 4.79 Å². The molecule has 0 aliphatic heterocycles. The summed E-state index contributed by atoms with van der Waals surface area (Å²) >= 11 is 0. The molecule has 0 bridgehead atoms. The van der Waals surface area contributed by atoms with Crippen molar-refractivity contribution in [2.24, 2.45) is 5.16 Å². The fraction of sp³-hybridized carbons (Fsp3) is 0.333. The van der Waals surface area contributed by atoms with Gasteiger partial charge in [0, 0.05) is 5.56 Å². The first-order chi connectivity index (χ1) is 13.1. The third-order valence-electron chi connectivity index (χ3n) is 3.23. The van der Waals surface area contributed by atoms with Crippen molar-refractivity contribution in [3.63, 3.8) is 0 Å². The number of nitrogens with zero attached hydrogens (tertiary/aromatic N) is 3. The van der Waals surface area contributed by atoms with Crippen LogP contribution in [-0.4, -0.2) is 49.1 Å². The Kier molecular flexibility index (Phi) is 7.36. The summed E-state index contributed by atoms with van der Waals surface area (Å²) in [5.41, 5.74) is 0.596. The van der Waals surface area contributed by atoms with Crippen LogP contribution in [0.1, 0.15) is 19.4 Å². The number of rotatable bonds is 9. The van der Waals surface area contributed by atoms with Gasteiger partial charge in [0.1, 0.15) is 5.75 Å². The lowest BCUT2D eigenvalue weighted by atomic mass is 10.2. The molecule has 0 saturated heterocycles. The van der Waals surface area contributed by atoms with Crippen LogP contribution in [0.25, 0.3) is 0 Å². The Bertz CT molecular complexity index is 774. The van der Waals surface area contributed by atoms with Crippen molar-refractivity contribution in [1.82, 2.24) is 9.97 Å². The molecule has 0 saturated carbocycles. The third-order valence-corrected chi connectivity index (χ3v) is 3.23. The Balaban J connectivity index is 2.14. The standard InChI is InChI=1S/C18H21N3O6/c1-5-25-17(22)12(2)27-19-11-13-8-6-7-9-14(13)26-18-20-15(23-3)10-16(21-18)24-4/h6-12H,5H2,1-4H3. The minimum absolute atomic E-state index is 0.0489. The minimum atomic E-state index is -0.819. The van der Waals surface area contributed by atoms with Crippen LogP contribution >= 0.6 is 0 Å². The monoisotopic (exact) mass is 375 g/mol. The molecule has 9 nitrogen and oxygen atoms in total. The molecule has 0 fully saturated rings. The summed E-state index contributed by atoms with van der Waals surface area (Å²) in [7, 11) is 2.96. The molecule has 0 radical (unpaired) electrons. The van der Waals surface area contributed by atoms with Crippen LogP contribution in [0.15, 0.2) is 35.5 Å². The fourth-order valence-electron chi connectivity index (χ4n) is 1.90. The number of hydrogen-bond donors (Lipinski definition) is 0. The molecule has 2 rings (SSSR count). The van der Waals surface area contributed by atoms with Gasteiger partial charge in [-0.15, -0.1) is 0 Å². The molecule has 0 amide bonds. The van der Waals surface area contributed by atoms with Gasteiger partial charge in [-0.05, 0) is 26.0 Å². The maximum atomic E-state index is 11.5. The molecule has 9 heteroatoms. The zero-order chi connectivity index (χ0) is 19.6. The van der Waals surface area contributed by atoms with E-state index in [0.717, 1.165) is 0 Å².